The van der Waals surface area contributed by atoms with Gasteiger partial charge in [-0.25, -0.2) is 4.79 Å². The van der Waals surface area contributed by atoms with Crippen LogP contribution in [0.4, 0.5) is 0 Å². The Morgan fingerprint density at radius 1 is 1.05 bits per heavy atom. The fraction of sp³-hybridized carbons (Fsp3) is 0.0625. The molecule has 0 atom stereocenters. The number of rotatable bonds is 3. The normalized spacial score (nSPS) is 11.0. The third kappa shape index (κ3) is 2.75. The minimum atomic E-state index is -0.959. The maximum absolute atomic E-state index is 11.4. The fourth-order valence-corrected chi connectivity index (χ4v) is 3.01. The molecule has 0 aliphatic carbocycles. The van der Waals surface area contributed by atoms with E-state index in [0.29, 0.717) is 16.6 Å². The molecule has 0 aliphatic rings. The van der Waals surface area contributed by atoms with Crippen molar-refractivity contribution in [1.29, 1.82) is 0 Å². The van der Waals surface area contributed by atoms with Gasteiger partial charge in [-0.2, -0.15) is 0 Å². The molecule has 0 bridgehead atoms. The summed E-state index contributed by atoms with van der Waals surface area (Å²) in [7, 11) is 0. The van der Waals surface area contributed by atoms with Crippen molar-refractivity contribution in [2.75, 3.05) is 0 Å². The lowest BCUT2D eigenvalue weighted by atomic mass is 10.2. The summed E-state index contributed by atoms with van der Waals surface area (Å²) >= 11 is 12.0. The van der Waals surface area contributed by atoms with Crippen molar-refractivity contribution in [3.8, 4) is 0 Å². The lowest BCUT2D eigenvalue weighted by Gasteiger charge is -2.09. The van der Waals surface area contributed by atoms with Gasteiger partial charge in [0.25, 0.3) is 0 Å². The van der Waals surface area contributed by atoms with E-state index in [1.54, 1.807) is 28.8 Å². The van der Waals surface area contributed by atoms with Gasteiger partial charge in [0, 0.05) is 27.5 Å². The number of benzene rings is 2. The quantitative estimate of drug-likeness (QED) is 0.760. The number of aromatic carboxylic acids is 1. The van der Waals surface area contributed by atoms with Crippen LogP contribution in [0.2, 0.25) is 10.0 Å². The number of para-hydroxylation sites is 1. The molecule has 0 saturated carbocycles. The van der Waals surface area contributed by atoms with Gasteiger partial charge in [-0.05, 0) is 35.9 Å². The van der Waals surface area contributed by atoms with Crippen LogP contribution in [0.1, 0.15) is 16.1 Å². The number of hydrogen-bond donors (Lipinski definition) is 1. The Labute approximate surface area is 131 Å². The Morgan fingerprint density at radius 2 is 1.71 bits per heavy atom. The van der Waals surface area contributed by atoms with Gasteiger partial charge in [-0.3, -0.25) is 0 Å². The first-order valence-corrected chi connectivity index (χ1v) is 7.07. The minimum absolute atomic E-state index is 0.243. The Balaban J connectivity index is 2.14. The van der Waals surface area contributed by atoms with Crippen molar-refractivity contribution in [2.45, 2.75) is 6.54 Å². The first-order chi connectivity index (χ1) is 10.0. The van der Waals surface area contributed by atoms with Gasteiger partial charge in [-0.15, -0.1) is 0 Å². The minimum Gasteiger partial charge on any atom is -0.477 e. The maximum atomic E-state index is 11.4. The zero-order valence-corrected chi connectivity index (χ0v) is 12.4. The molecule has 3 aromatic rings. The standard InChI is InChI=1S/C16H11Cl2NO2/c17-12-5-10(6-13(18)8-12)9-19-14-4-2-1-3-11(14)7-15(19)16(20)21/h1-8H,9H2,(H,20,21). The molecule has 21 heavy (non-hydrogen) atoms. The van der Waals surface area contributed by atoms with Crippen LogP contribution < -0.4 is 0 Å². The first-order valence-electron chi connectivity index (χ1n) is 6.31. The number of fused-ring (bicyclic) bond motifs is 1. The van der Waals surface area contributed by atoms with Crippen molar-refractivity contribution in [2.24, 2.45) is 0 Å². The van der Waals surface area contributed by atoms with Gasteiger partial charge in [0.05, 0.1) is 0 Å². The Morgan fingerprint density at radius 3 is 2.38 bits per heavy atom. The predicted molar refractivity (Wildman–Crippen MR) is 84.5 cm³/mol. The highest BCUT2D eigenvalue weighted by Crippen LogP contribution is 2.24. The molecule has 0 aliphatic heterocycles. The summed E-state index contributed by atoms with van der Waals surface area (Å²) in [4.78, 5) is 11.4. The summed E-state index contributed by atoms with van der Waals surface area (Å²) in [6, 6.07) is 14.4. The molecule has 1 heterocycles. The third-order valence-corrected chi connectivity index (χ3v) is 3.73. The van der Waals surface area contributed by atoms with Crippen LogP contribution in [0.15, 0.2) is 48.5 Å². The zero-order chi connectivity index (χ0) is 15.0. The number of aromatic nitrogens is 1. The number of carboxylic acid groups (broad SMARTS) is 1. The van der Waals surface area contributed by atoms with Crippen LogP contribution in [-0.2, 0) is 6.54 Å². The largest absolute Gasteiger partial charge is 0.477 e. The van der Waals surface area contributed by atoms with E-state index in [9.17, 15) is 9.90 Å². The van der Waals surface area contributed by atoms with Gasteiger partial charge >= 0.3 is 5.97 Å². The Bertz CT molecular complexity index is 819. The van der Waals surface area contributed by atoms with E-state index in [1.165, 1.54) is 0 Å². The van der Waals surface area contributed by atoms with Crippen molar-refractivity contribution >= 4 is 40.1 Å². The number of hydrogen-bond acceptors (Lipinski definition) is 1. The molecule has 0 spiro atoms. The third-order valence-electron chi connectivity index (χ3n) is 3.29. The zero-order valence-electron chi connectivity index (χ0n) is 10.9. The number of halogens is 2. The van der Waals surface area contributed by atoms with E-state index in [2.05, 4.69) is 0 Å². The van der Waals surface area contributed by atoms with Crippen molar-refractivity contribution in [3.05, 3.63) is 69.8 Å². The molecule has 1 aromatic heterocycles. The second-order valence-corrected chi connectivity index (χ2v) is 5.63. The number of carboxylic acids is 1. The van der Waals surface area contributed by atoms with Gasteiger partial charge in [0.1, 0.15) is 5.69 Å². The maximum Gasteiger partial charge on any atom is 0.352 e. The number of carbonyl (C=O) groups is 1. The van der Waals surface area contributed by atoms with E-state index < -0.39 is 5.97 Å². The topological polar surface area (TPSA) is 42.2 Å². The molecule has 1 N–H and O–H groups in total. The van der Waals surface area contributed by atoms with Crippen molar-refractivity contribution in [3.63, 3.8) is 0 Å². The van der Waals surface area contributed by atoms with Crippen molar-refractivity contribution in [1.82, 2.24) is 4.57 Å². The lowest BCUT2D eigenvalue weighted by Crippen LogP contribution is -2.09. The molecule has 0 fully saturated rings. The highest BCUT2D eigenvalue weighted by Gasteiger charge is 2.14. The van der Waals surface area contributed by atoms with Gasteiger partial charge < -0.3 is 9.67 Å². The lowest BCUT2D eigenvalue weighted by molar-refractivity contribution is 0.0686. The smallest absolute Gasteiger partial charge is 0.352 e. The summed E-state index contributed by atoms with van der Waals surface area (Å²) in [5.41, 5.74) is 1.97. The average Bonchev–Trinajstić information content (AvgIpc) is 2.77. The van der Waals surface area contributed by atoms with Crippen LogP contribution in [0.5, 0.6) is 0 Å². The molecule has 0 saturated heterocycles. The predicted octanol–water partition coefficient (Wildman–Crippen LogP) is 4.69. The molecule has 3 nitrogen and oxygen atoms in total. The van der Waals surface area contributed by atoms with Gasteiger partial charge in [0.2, 0.25) is 0 Å². The second kappa shape index (κ2) is 5.43. The summed E-state index contributed by atoms with van der Waals surface area (Å²) in [5.74, 6) is -0.959. The summed E-state index contributed by atoms with van der Waals surface area (Å²) in [6.45, 7) is 0.398. The van der Waals surface area contributed by atoms with E-state index in [4.69, 9.17) is 23.2 Å². The highest BCUT2D eigenvalue weighted by molar-refractivity contribution is 6.34. The second-order valence-electron chi connectivity index (χ2n) is 4.76. The van der Waals surface area contributed by atoms with E-state index in [0.717, 1.165) is 16.5 Å². The van der Waals surface area contributed by atoms with E-state index in [1.807, 2.05) is 24.3 Å². The molecule has 0 amide bonds. The summed E-state index contributed by atoms with van der Waals surface area (Å²) in [6.07, 6.45) is 0. The highest BCUT2D eigenvalue weighted by atomic mass is 35.5. The molecule has 5 heteroatoms. The van der Waals surface area contributed by atoms with Crippen molar-refractivity contribution < 1.29 is 9.90 Å². The number of nitrogens with zero attached hydrogens (tertiary/aromatic N) is 1. The Kier molecular flexibility index (Phi) is 3.62. The molecular formula is C16H11Cl2NO2. The van der Waals surface area contributed by atoms with Crippen LogP contribution in [0.3, 0.4) is 0 Å². The van der Waals surface area contributed by atoms with Crippen LogP contribution in [0.25, 0.3) is 10.9 Å². The average molecular weight is 320 g/mol. The molecule has 0 unspecified atom stereocenters. The van der Waals surface area contributed by atoms with Crippen LogP contribution in [-0.4, -0.2) is 15.6 Å². The molecule has 3 rings (SSSR count). The SMILES string of the molecule is O=C(O)c1cc2ccccc2n1Cc1cc(Cl)cc(Cl)c1. The first kappa shape index (κ1) is 14.0. The summed E-state index contributed by atoms with van der Waals surface area (Å²) < 4.78 is 1.75. The molecule has 2 aromatic carbocycles. The molecular weight excluding hydrogens is 309 g/mol. The molecule has 106 valence electrons. The monoisotopic (exact) mass is 319 g/mol. The van der Waals surface area contributed by atoms with Crippen LogP contribution in [0, 0.1) is 0 Å². The van der Waals surface area contributed by atoms with E-state index in [-0.39, 0.29) is 5.69 Å². The van der Waals surface area contributed by atoms with Gasteiger partial charge in [0.15, 0.2) is 0 Å². The summed E-state index contributed by atoms with van der Waals surface area (Å²) in [5, 5.41) is 11.3. The fourth-order valence-electron chi connectivity index (χ4n) is 2.44. The van der Waals surface area contributed by atoms with Gasteiger partial charge in [-0.1, -0.05) is 41.4 Å². The molecule has 0 radical (unpaired) electrons. The Hall–Kier alpha value is -1.97. The van der Waals surface area contributed by atoms with Crippen LogP contribution >= 0.6 is 23.2 Å². The van der Waals surface area contributed by atoms with E-state index >= 15 is 0 Å².